The van der Waals surface area contributed by atoms with Crippen molar-refractivity contribution in [2.75, 3.05) is 6.61 Å². The molecule has 1 aliphatic heterocycles. The van der Waals surface area contributed by atoms with E-state index in [1.807, 2.05) is 5.32 Å². The molecule has 23 heavy (non-hydrogen) atoms. The molecule has 0 aromatic heterocycles. The van der Waals surface area contributed by atoms with Crippen LogP contribution in [0.4, 0.5) is 0 Å². The third-order valence-electron chi connectivity index (χ3n) is 2.70. The lowest BCUT2D eigenvalue weighted by Crippen LogP contribution is -2.64. The Kier molecular flexibility index (Phi) is 6.84. The van der Waals surface area contributed by atoms with Crippen LogP contribution in [0, 0.1) is 0 Å². The number of phosphoric acid groups is 2. The average molecular weight is 377 g/mol. The van der Waals surface area contributed by atoms with Gasteiger partial charge in [-0.1, -0.05) is 0 Å². The quantitative estimate of drug-likeness (QED) is 0.369. The predicted molar refractivity (Wildman–Crippen MR) is 60.5 cm³/mol. The summed E-state index contributed by atoms with van der Waals surface area (Å²) >= 11 is 0. The first kappa shape index (κ1) is 20.6. The number of nitrogens with one attached hydrogen (secondary N) is 1. The van der Waals surface area contributed by atoms with E-state index in [4.69, 9.17) is 4.74 Å². The van der Waals surface area contributed by atoms with E-state index in [1.54, 1.807) is 0 Å². The topological polar surface area (TPSA) is 224 Å². The molecule has 1 amide bonds. The van der Waals surface area contributed by atoms with Crippen LogP contribution in [0.25, 0.3) is 0 Å². The molecule has 0 aromatic carbocycles. The lowest BCUT2D eigenvalue weighted by atomic mass is 9.97. The number of hydrogen-bond acceptors (Lipinski definition) is 12. The fraction of sp³-hybridized carbons (Fsp3) is 0.875. The molecule has 0 radical (unpaired) electrons. The predicted octanol–water partition coefficient (Wildman–Crippen LogP) is -5.37. The first-order valence-electron chi connectivity index (χ1n) is 5.96. The van der Waals surface area contributed by atoms with Crippen molar-refractivity contribution in [3.8, 4) is 0 Å². The van der Waals surface area contributed by atoms with Gasteiger partial charge < -0.3 is 58.0 Å². The lowest BCUT2D eigenvalue weighted by Gasteiger charge is -2.46. The number of hydrogen-bond donors (Lipinski definition) is 3. The highest BCUT2D eigenvalue weighted by atomic mass is 31.2. The Morgan fingerprint density at radius 1 is 1.17 bits per heavy atom. The minimum absolute atomic E-state index is 0.775. The normalized spacial score (nSPS) is 32.6. The standard InChI is InChI=1S/C8H17NO12P2/c1-3(10)9-5-7(12)6(11)4(2-19-22(13,14)15)20-8(5)21-23(16,17)18/h4-8,11-12H,2H2,1H3,(H,9,10)(H2,13,14,15)(H2,16,17,18)/p-4/t4-,5-,6-,7-,8?/m1/s1. The molecule has 136 valence electrons. The molecule has 0 spiro atoms. The molecule has 3 N–H and O–H groups in total. The molecule has 1 aliphatic rings. The highest BCUT2D eigenvalue weighted by molar-refractivity contribution is 7.43. The zero-order valence-corrected chi connectivity index (χ0v) is 13.3. The van der Waals surface area contributed by atoms with Crippen molar-refractivity contribution < 1.29 is 57.5 Å². The molecule has 1 heterocycles. The van der Waals surface area contributed by atoms with Crippen molar-refractivity contribution >= 4 is 21.6 Å². The van der Waals surface area contributed by atoms with E-state index in [0.717, 1.165) is 6.92 Å². The van der Waals surface area contributed by atoms with Crippen LogP contribution in [0.15, 0.2) is 0 Å². The maximum absolute atomic E-state index is 11.0. The number of carbonyl (C=O) groups excluding carboxylic acids is 1. The van der Waals surface area contributed by atoms with E-state index in [9.17, 15) is 43.7 Å². The molecular weight excluding hydrogens is 364 g/mol. The second-order valence-corrected chi connectivity index (χ2v) is 6.80. The van der Waals surface area contributed by atoms with Crippen LogP contribution >= 0.6 is 15.6 Å². The zero-order chi connectivity index (χ0) is 18.0. The van der Waals surface area contributed by atoms with Crippen LogP contribution in [0.2, 0.25) is 0 Å². The number of carbonyl (C=O) groups is 1. The second-order valence-electron chi connectivity index (χ2n) is 4.55. The fourth-order valence-electron chi connectivity index (χ4n) is 1.84. The molecule has 15 heteroatoms. The van der Waals surface area contributed by atoms with Gasteiger partial charge in [-0.05, 0) is 0 Å². The summed E-state index contributed by atoms with van der Waals surface area (Å²) in [6.07, 6.45) is -7.57. The number of amides is 1. The van der Waals surface area contributed by atoms with E-state index in [-0.39, 0.29) is 0 Å². The zero-order valence-electron chi connectivity index (χ0n) is 11.5. The largest absolute Gasteiger partial charge is 0.790 e. The van der Waals surface area contributed by atoms with Gasteiger partial charge in [-0.3, -0.25) is 4.79 Å². The first-order chi connectivity index (χ1) is 10.3. The average Bonchev–Trinajstić information content (AvgIpc) is 2.33. The summed E-state index contributed by atoms with van der Waals surface area (Å²) in [6, 6.07) is -1.65. The Bertz CT molecular complexity index is 515. The number of rotatable bonds is 6. The molecule has 0 bridgehead atoms. The Morgan fingerprint density at radius 2 is 1.74 bits per heavy atom. The molecule has 1 fully saturated rings. The molecule has 1 saturated heterocycles. The Labute approximate surface area is 129 Å². The van der Waals surface area contributed by atoms with Crippen molar-refractivity contribution in [1.29, 1.82) is 0 Å². The van der Waals surface area contributed by atoms with E-state index < -0.39 is 58.8 Å². The molecular formula is C8H13NO12P2-4. The highest BCUT2D eigenvalue weighted by Gasteiger charge is 2.46. The number of aliphatic hydroxyl groups is 2. The van der Waals surface area contributed by atoms with Crippen LogP contribution in [0.5, 0.6) is 0 Å². The lowest BCUT2D eigenvalue weighted by molar-refractivity contribution is -0.365. The third kappa shape index (κ3) is 6.91. The minimum Gasteiger partial charge on any atom is -0.790 e. The maximum atomic E-state index is 11.0. The smallest absolute Gasteiger partial charge is 0.217 e. The summed E-state index contributed by atoms with van der Waals surface area (Å²) < 4.78 is 33.8. The van der Waals surface area contributed by atoms with Crippen LogP contribution in [-0.4, -0.2) is 53.4 Å². The van der Waals surface area contributed by atoms with Gasteiger partial charge in [0.2, 0.25) is 5.91 Å². The van der Waals surface area contributed by atoms with Crippen molar-refractivity contribution in [2.45, 2.75) is 37.6 Å². The molecule has 1 unspecified atom stereocenters. The summed E-state index contributed by atoms with van der Waals surface area (Å²) in [6.45, 7) is -0.0817. The Balaban J connectivity index is 2.93. The van der Waals surface area contributed by atoms with Gasteiger partial charge in [-0.2, -0.15) is 0 Å². The van der Waals surface area contributed by atoms with Crippen molar-refractivity contribution in [3.63, 3.8) is 0 Å². The highest BCUT2D eigenvalue weighted by Crippen LogP contribution is 2.34. The van der Waals surface area contributed by atoms with Gasteiger partial charge in [-0.15, -0.1) is 0 Å². The minimum atomic E-state index is -5.63. The second kappa shape index (κ2) is 7.64. The van der Waals surface area contributed by atoms with Crippen molar-refractivity contribution in [3.05, 3.63) is 0 Å². The van der Waals surface area contributed by atoms with Crippen molar-refractivity contribution in [1.82, 2.24) is 5.32 Å². The molecule has 13 nitrogen and oxygen atoms in total. The van der Waals surface area contributed by atoms with Gasteiger partial charge in [0.1, 0.15) is 24.4 Å². The summed E-state index contributed by atoms with van der Waals surface area (Å²) in [4.78, 5) is 53.2. The molecule has 5 atom stereocenters. The van der Waals surface area contributed by atoms with E-state index in [1.165, 1.54) is 0 Å². The van der Waals surface area contributed by atoms with E-state index in [0.29, 0.717) is 0 Å². The number of ether oxygens (including phenoxy) is 1. The number of phosphoric ester groups is 2. The van der Waals surface area contributed by atoms with Gasteiger partial charge >= 0.3 is 0 Å². The molecule has 1 rings (SSSR count). The first-order valence-corrected chi connectivity index (χ1v) is 8.88. The van der Waals surface area contributed by atoms with Crippen LogP contribution < -0.4 is 24.9 Å². The summed E-state index contributed by atoms with van der Waals surface area (Å²) in [5.74, 6) is -0.775. The SMILES string of the molecule is CC(=O)N[C@H]1C(OP(=O)([O-])[O-])O[C@H](COP(=O)([O-])[O-])[C@@H](O)[C@@H]1O. The van der Waals surface area contributed by atoms with Gasteiger partial charge in [0, 0.05) is 6.92 Å². The monoisotopic (exact) mass is 377 g/mol. The van der Waals surface area contributed by atoms with Gasteiger partial charge in [0.15, 0.2) is 6.29 Å². The third-order valence-corrected chi connectivity index (χ3v) is 3.63. The number of aliphatic hydroxyl groups excluding tert-OH is 2. The van der Waals surface area contributed by atoms with Crippen LogP contribution in [0.1, 0.15) is 6.92 Å². The molecule has 0 aliphatic carbocycles. The Morgan fingerprint density at radius 3 is 2.17 bits per heavy atom. The van der Waals surface area contributed by atoms with E-state index in [2.05, 4.69) is 9.05 Å². The van der Waals surface area contributed by atoms with Gasteiger partial charge in [0.25, 0.3) is 0 Å². The summed E-state index contributed by atoms with van der Waals surface area (Å²) in [7, 11) is -11.1. The van der Waals surface area contributed by atoms with Crippen molar-refractivity contribution in [2.24, 2.45) is 0 Å². The fourth-order valence-corrected chi connectivity index (χ4v) is 2.60. The van der Waals surface area contributed by atoms with E-state index >= 15 is 0 Å². The van der Waals surface area contributed by atoms with Crippen LogP contribution in [-0.2, 0) is 27.7 Å². The summed E-state index contributed by atoms with van der Waals surface area (Å²) in [5, 5.41) is 21.6. The van der Waals surface area contributed by atoms with Gasteiger partial charge in [-0.25, -0.2) is 0 Å². The maximum Gasteiger partial charge on any atom is 0.217 e. The van der Waals surface area contributed by atoms with Crippen LogP contribution in [0.3, 0.4) is 0 Å². The molecule has 0 saturated carbocycles. The molecule has 0 aromatic rings. The Hall–Kier alpha value is -0.430. The summed E-state index contributed by atoms with van der Waals surface area (Å²) in [5.41, 5.74) is 0. The van der Waals surface area contributed by atoms with Gasteiger partial charge in [0.05, 0.1) is 22.3 Å².